The summed E-state index contributed by atoms with van der Waals surface area (Å²) in [7, 11) is 0. The molecule has 0 atom stereocenters. The van der Waals surface area contributed by atoms with Gasteiger partial charge in [0.15, 0.2) is 5.58 Å². The van der Waals surface area contributed by atoms with Gasteiger partial charge in [-0.1, -0.05) is 24.3 Å². The molecule has 0 saturated carbocycles. The molecule has 0 unspecified atom stereocenters. The van der Waals surface area contributed by atoms with Crippen molar-refractivity contribution in [1.29, 1.82) is 0 Å². The normalized spacial score (nSPS) is 10.9. The number of hydrogen-bond donors (Lipinski definition) is 0. The van der Waals surface area contributed by atoms with Gasteiger partial charge in [0.1, 0.15) is 0 Å². The van der Waals surface area contributed by atoms with Gasteiger partial charge in [-0.2, -0.15) is 0 Å². The quantitative estimate of drug-likeness (QED) is 0.585. The van der Waals surface area contributed by atoms with Crippen LogP contribution in [0, 0.1) is 4.84 Å². The van der Waals surface area contributed by atoms with Crippen LogP contribution in [0.1, 0.15) is 0 Å². The minimum Gasteiger partial charge on any atom is -0.429 e. The number of aromatic nitrogens is 1. The first-order valence-electron chi connectivity index (χ1n) is 5.78. The summed E-state index contributed by atoms with van der Waals surface area (Å²) in [5.41, 5.74) is 1.83. The Hall–Kier alpha value is -1.65. The summed E-state index contributed by atoms with van der Waals surface area (Å²) < 4.78 is 7.54. The SMILES string of the molecule is C=CCN(CC=C)Cn1c(=S)oc2ccccc21. The lowest BCUT2D eigenvalue weighted by atomic mass is 10.3. The molecule has 18 heavy (non-hydrogen) atoms. The van der Waals surface area contributed by atoms with Gasteiger partial charge >= 0.3 is 0 Å². The molecule has 0 fully saturated rings. The largest absolute Gasteiger partial charge is 0.429 e. The third-order valence-corrected chi connectivity index (χ3v) is 2.99. The molecule has 0 saturated heterocycles. The molecule has 4 heteroatoms. The van der Waals surface area contributed by atoms with Crippen LogP contribution in [0.4, 0.5) is 0 Å². The lowest BCUT2D eigenvalue weighted by Crippen LogP contribution is -2.26. The van der Waals surface area contributed by atoms with E-state index in [9.17, 15) is 0 Å². The summed E-state index contributed by atoms with van der Waals surface area (Å²) in [5.74, 6) is 0. The molecule has 0 aliphatic heterocycles. The van der Waals surface area contributed by atoms with Crippen LogP contribution in [-0.2, 0) is 6.67 Å². The fourth-order valence-corrected chi connectivity index (χ4v) is 2.15. The van der Waals surface area contributed by atoms with E-state index in [4.69, 9.17) is 16.6 Å². The molecular weight excluding hydrogens is 244 g/mol. The van der Waals surface area contributed by atoms with E-state index in [1.54, 1.807) is 0 Å². The third kappa shape index (κ3) is 2.60. The van der Waals surface area contributed by atoms with Gasteiger partial charge in [0.2, 0.25) is 0 Å². The minimum absolute atomic E-state index is 0.495. The van der Waals surface area contributed by atoms with Crippen LogP contribution in [-0.4, -0.2) is 22.6 Å². The van der Waals surface area contributed by atoms with E-state index in [1.807, 2.05) is 41.0 Å². The number of hydrogen-bond acceptors (Lipinski definition) is 3. The van der Waals surface area contributed by atoms with Crippen molar-refractivity contribution in [3.8, 4) is 0 Å². The van der Waals surface area contributed by atoms with Crippen LogP contribution in [0.5, 0.6) is 0 Å². The number of fused-ring (bicyclic) bond motifs is 1. The van der Waals surface area contributed by atoms with E-state index < -0.39 is 0 Å². The highest BCUT2D eigenvalue weighted by Crippen LogP contribution is 2.17. The Morgan fingerprint density at radius 2 is 1.89 bits per heavy atom. The van der Waals surface area contributed by atoms with Crippen molar-refractivity contribution in [2.45, 2.75) is 6.67 Å². The number of nitrogens with zero attached hydrogens (tertiary/aromatic N) is 2. The van der Waals surface area contributed by atoms with E-state index in [0.29, 0.717) is 11.5 Å². The standard InChI is InChI=1S/C14H16N2OS/c1-3-9-15(10-4-2)11-16-12-7-5-6-8-13(12)17-14(16)18/h3-8H,1-2,9-11H2. The summed E-state index contributed by atoms with van der Waals surface area (Å²) in [6, 6.07) is 7.85. The van der Waals surface area contributed by atoms with E-state index in [2.05, 4.69) is 18.1 Å². The van der Waals surface area contributed by atoms with Gasteiger partial charge in [-0.15, -0.1) is 13.2 Å². The van der Waals surface area contributed by atoms with Crippen molar-refractivity contribution >= 4 is 23.3 Å². The zero-order valence-corrected chi connectivity index (χ0v) is 11.0. The molecule has 2 rings (SSSR count). The second-order valence-corrected chi connectivity index (χ2v) is 4.37. The lowest BCUT2D eigenvalue weighted by Gasteiger charge is -2.19. The van der Waals surface area contributed by atoms with Gasteiger partial charge in [-0.25, -0.2) is 0 Å². The zero-order chi connectivity index (χ0) is 13.0. The van der Waals surface area contributed by atoms with Crippen molar-refractivity contribution in [3.05, 3.63) is 54.4 Å². The Bertz CT molecular complexity index is 602. The Morgan fingerprint density at radius 3 is 2.56 bits per heavy atom. The topological polar surface area (TPSA) is 21.3 Å². The predicted octanol–water partition coefficient (Wildman–Crippen LogP) is 3.60. The monoisotopic (exact) mass is 260 g/mol. The van der Waals surface area contributed by atoms with Crippen molar-refractivity contribution < 1.29 is 4.42 Å². The molecule has 94 valence electrons. The molecule has 3 nitrogen and oxygen atoms in total. The predicted molar refractivity (Wildman–Crippen MR) is 77.0 cm³/mol. The van der Waals surface area contributed by atoms with Gasteiger partial charge in [-0.3, -0.25) is 9.47 Å². The molecule has 0 bridgehead atoms. The molecule has 0 N–H and O–H groups in total. The third-order valence-electron chi connectivity index (χ3n) is 2.69. The molecule has 1 heterocycles. The zero-order valence-electron chi connectivity index (χ0n) is 10.2. The van der Waals surface area contributed by atoms with Gasteiger partial charge in [0.25, 0.3) is 4.84 Å². The van der Waals surface area contributed by atoms with Gasteiger partial charge < -0.3 is 4.42 Å². The van der Waals surface area contributed by atoms with E-state index in [0.717, 1.165) is 24.2 Å². The fraction of sp³-hybridized carbons (Fsp3) is 0.214. The summed E-state index contributed by atoms with van der Waals surface area (Å²) >= 11 is 5.26. The van der Waals surface area contributed by atoms with Crippen molar-refractivity contribution in [3.63, 3.8) is 0 Å². The molecule has 1 aromatic heterocycles. The summed E-state index contributed by atoms with van der Waals surface area (Å²) in [6.07, 6.45) is 3.74. The lowest BCUT2D eigenvalue weighted by molar-refractivity contribution is 0.264. The average molecular weight is 260 g/mol. The molecule has 1 aromatic carbocycles. The van der Waals surface area contributed by atoms with Crippen LogP contribution in [0.25, 0.3) is 11.1 Å². The minimum atomic E-state index is 0.495. The van der Waals surface area contributed by atoms with Crippen LogP contribution in [0.15, 0.2) is 54.0 Å². The molecular formula is C14H16N2OS. The van der Waals surface area contributed by atoms with Gasteiger partial charge in [-0.05, 0) is 24.4 Å². The van der Waals surface area contributed by atoms with Gasteiger partial charge in [0, 0.05) is 13.1 Å². The Kier molecular flexibility index (Phi) is 4.12. The molecule has 2 aromatic rings. The maximum atomic E-state index is 5.56. The first-order valence-corrected chi connectivity index (χ1v) is 6.19. The summed E-state index contributed by atoms with van der Waals surface area (Å²) in [5, 5.41) is 0. The van der Waals surface area contributed by atoms with Crippen LogP contribution in [0.2, 0.25) is 0 Å². The van der Waals surface area contributed by atoms with E-state index in [-0.39, 0.29) is 0 Å². The van der Waals surface area contributed by atoms with Crippen molar-refractivity contribution in [2.75, 3.05) is 13.1 Å². The Balaban J connectivity index is 2.35. The highest BCUT2D eigenvalue weighted by atomic mass is 32.1. The van der Waals surface area contributed by atoms with Crippen LogP contribution >= 0.6 is 12.2 Å². The smallest absolute Gasteiger partial charge is 0.270 e. The highest BCUT2D eigenvalue weighted by Gasteiger charge is 2.09. The number of benzene rings is 1. The summed E-state index contributed by atoms with van der Waals surface area (Å²) in [4.78, 5) is 2.67. The van der Waals surface area contributed by atoms with Gasteiger partial charge in [0.05, 0.1) is 12.2 Å². The molecule has 0 aliphatic rings. The fourth-order valence-electron chi connectivity index (χ4n) is 1.90. The number of rotatable bonds is 6. The van der Waals surface area contributed by atoms with Crippen molar-refractivity contribution in [2.24, 2.45) is 0 Å². The number of oxazole rings is 1. The summed E-state index contributed by atoms with van der Waals surface area (Å²) in [6.45, 7) is 9.77. The van der Waals surface area contributed by atoms with E-state index >= 15 is 0 Å². The Labute approximate surface area is 112 Å². The molecule has 0 aliphatic carbocycles. The Morgan fingerprint density at radius 1 is 1.22 bits per heavy atom. The maximum absolute atomic E-state index is 5.56. The van der Waals surface area contributed by atoms with Crippen LogP contribution < -0.4 is 0 Å². The van der Waals surface area contributed by atoms with Crippen LogP contribution in [0.3, 0.4) is 0 Å². The second-order valence-electron chi connectivity index (χ2n) is 4.02. The first-order chi connectivity index (χ1) is 8.76. The molecule has 0 spiro atoms. The first kappa shape index (κ1) is 12.8. The number of para-hydroxylation sites is 2. The second kappa shape index (κ2) is 5.80. The molecule has 0 radical (unpaired) electrons. The van der Waals surface area contributed by atoms with Crippen molar-refractivity contribution in [1.82, 2.24) is 9.47 Å². The molecule has 0 amide bonds. The maximum Gasteiger partial charge on any atom is 0.270 e. The highest BCUT2D eigenvalue weighted by molar-refractivity contribution is 7.71. The van der Waals surface area contributed by atoms with E-state index in [1.165, 1.54) is 0 Å². The average Bonchev–Trinajstić information content (AvgIpc) is 2.67.